The van der Waals surface area contributed by atoms with Crippen LogP contribution < -0.4 is 0 Å². The molecule has 0 radical (unpaired) electrons. The molecule has 0 aromatic heterocycles. The summed E-state index contributed by atoms with van der Waals surface area (Å²) in [7, 11) is 0. The average molecular weight is 191 g/mol. The van der Waals surface area contributed by atoms with Gasteiger partial charge in [0.25, 0.3) is 0 Å². The highest BCUT2D eigenvalue weighted by Crippen LogP contribution is 2.07. The first kappa shape index (κ1) is 9.21. The largest absolute Gasteiger partial charge is 0.390 e. The van der Waals surface area contributed by atoms with Crippen molar-refractivity contribution in [3.05, 3.63) is 35.9 Å². The fourth-order valence-corrected chi connectivity index (χ4v) is 1.31. The van der Waals surface area contributed by atoms with E-state index in [1.807, 2.05) is 30.3 Å². The lowest BCUT2D eigenvalue weighted by Gasteiger charge is -2.08. The number of hydrogen-bond donors (Lipinski definition) is 0. The van der Waals surface area contributed by atoms with Gasteiger partial charge in [0.15, 0.2) is 6.10 Å². The van der Waals surface area contributed by atoms with E-state index >= 15 is 0 Å². The molecule has 1 heterocycles. The van der Waals surface area contributed by atoms with Crippen LogP contribution in [0.25, 0.3) is 0 Å². The Hall–Kier alpha value is -1.35. The molecule has 0 bridgehead atoms. The molecule has 3 heteroatoms. The maximum absolute atomic E-state index is 5.50. The molecule has 0 amide bonds. The Morgan fingerprint density at radius 1 is 1.36 bits per heavy atom. The van der Waals surface area contributed by atoms with E-state index in [1.165, 1.54) is 5.56 Å². The zero-order valence-electron chi connectivity index (χ0n) is 7.93. The van der Waals surface area contributed by atoms with Gasteiger partial charge in [0, 0.05) is 12.6 Å². The van der Waals surface area contributed by atoms with Crippen molar-refractivity contribution in [1.82, 2.24) is 0 Å². The van der Waals surface area contributed by atoms with Gasteiger partial charge in [0.05, 0.1) is 13.2 Å². The molecular formula is C11H13NO2. The monoisotopic (exact) mass is 191 g/mol. The van der Waals surface area contributed by atoms with Gasteiger partial charge in [-0.15, -0.1) is 0 Å². The summed E-state index contributed by atoms with van der Waals surface area (Å²) >= 11 is 0. The topological polar surface area (TPSA) is 30.8 Å². The van der Waals surface area contributed by atoms with E-state index in [0.29, 0.717) is 13.2 Å². The van der Waals surface area contributed by atoms with Crippen LogP contribution in [-0.4, -0.2) is 18.9 Å². The van der Waals surface area contributed by atoms with Crippen LogP contribution in [0, 0.1) is 0 Å². The predicted molar refractivity (Wildman–Crippen MR) is 54.1 cm³/mol. The van der Waals surface area contributed by atoms with Gasteiger partial charge in [-0.3, -0.25) is 0 Å². The number of nitrogens with zero attached hydrogens (tertiary/aromatic N) is 1. The highest BCUT2D eigenvalue weighted by molar-refractivity contribution is 5.58. The second-order valence-corrected chi connectivity index (χ2v) is 3.25. The molecule has 0 fully saturated rings. The molecule has 2 rings (SSSR count). The molecule has 0 N–H and O–H groups in total. The molecular weight excluding hydrogens is 178 g/mol. The molecule has 1 aliphatic heterocycles. The summed E-state index contributed by atoms with van der Waals surface area (Å²) < 4.78 is 5.50. The first-order valence-electron chi connectivity index (χ1n) is 4.74. The van der Waals surface area contributed by atoms with Crippen LogP contribution in [0.15, 0.2) is 35.5 Å². The summed E-state index contributed by atoms with van der Waals surface area (Å²) in [5.74, 6) is 0. The van der Waals surface area contributed by atoms with Crippen LogP contribution in [0.3, 0.4) is 0 Å². The number of benzene rings is 1. The van der Waals surface area contributed by atoms with Crippen LogP contribution >= 0.6 is 0 Å². The van der Waals surface area contributed by atoms with Crippen molar-refractivity contribution in [3.63, 3.8) is 0 Å². The maximum atomic E-state index is 5.50. The van der Waals surface area contributed by atoms with Crippen molar-refractivity contribution in [2.75, 3.05) is 6.61 Å². The highest BCUT2D eigenvalue weighted by Gasteiger charge is 2.12. The van der Waals surface area contributed by atoms with Gasteiger partial charge in [-0.2, -0.15) is 0 Å². The van der Waals surface area contributed by atoms with E-state index in [0.717, 1.165) is 6.42 Å². The number of hydrogen-bond acceptors (Lipinski definition) is 3. The van der Waals surface area contributed by atoms with Gasteiger partial charge in [-0.05, 0) is 5.56 Å². The summed E-state index contributed by atoms with van der Waals surface area (Å²) in [5.41, 5.74) is 1.19. The lowest BCUT2D eigenvalue weighted by atomic mass is 10.2. The van der Waals surface area contributed by atoms with Crippen LogP contribution in [0.1, 0.15) is 12.0 Å². The van der Waals surface area contributed by atoms with Crippen LogP contribution in [0.2, 0.25) is 0 Å². The third kappa shape index (κ3) is 2.57. The Morgan fingerprint density at radius 3 is 2.93 bits per heavy atom. The Kier molecular flexibility index (Phi) is 3.14. The smallest absolute Gasteiger partial charge is 0.155 e. The Bertz CT molecular complexity index is 289. The fourth-order valence-electron chi connectivity index (χ4n) is 1.31. The Morgan fingerprint density at radius 2 is 2.21 bits per heavy atom. The molecule has 14 heavy (non-hydrogen) atoms. The number of ether oxygens (including phenoxy) is 1. The third-order valence-electron chi connectivity index (χ3n) is 2.07. The second kappa shape index (κ2) is 4.77. The minimum Gasteiger partial charge on any atom is -0.390 e. The first-order valence-corrected chi connectivity index (χ1v) is 4.74. The lowest BCUT2D eigenvalue weighted by Crippen LogP contribution is -2.14. The molecule has 1 atom stereocenters. The quantitative estimate of drug-likeness (QED) is 0.728. The van der Waals surface area contributed by atoms with Crippen molar-refractivity contribution in [2.45, 2.75) is 19.1 Å². The van der Waals surface area contributed by atoms with Gasteiger partial charge >= 0.3 is 0 Å². The zero-order chi connectivity index (χ0) is 9.64. The van der Waals surface area contributed by atoms with Gasteiger partial charge in [-0.1, -0.05) is 35.5 Å². The van der Waals surface area contributed by atoms with E-state index in [4.69, 9.17) is 9.57 Å². The van der Waals surface area contributed by atoms with Crippen molar-refractivity contribution >= 4 is 6.21 Å². The molecule has 3 nitrogen and oxygen atoms in total. The molecule has 0 aliphatic carbocycles. The van der Waals surface area contributed by atoms with E-state index in [1.54, 1.807) is 6.21 Å². The van der Waals surface area contributed by atoms with Gasteiger partial charge < -0.3 is 9.57 Å². The molecule has 0 saturated heterocycles. The standard InChI is InChI=1S/C11H13NO2/c1-2-4-10(5-3-1)8-13-9-11-6-7-12-14-11/h1-5,7,11H,6,8-9H2/t11-/m0/s1. The normalized spacial score (nSPS) is 19.6. The van der Waals surface area contributed by atoms with Crippen molar-refractivity contribution in [3.8, 4) is 0 Å². The zero-order valence-corrected chi connectivity index (χ0v) is 7.93. The molecule has 0 saturated carbocycles. The van der Waals surface area contributed by atoms with Crippen LogP contribution in [0.4, 0.5) is 0 Å². The molecule has 1 aromatic carbocycles. The predicted octanol–water partition coefficient (Wildman–Crippen LogP) is 1.98. The molecule has 1 aliphatic rings. The van der Waals surface area contributed by atoms with Crippen molar-refractivity contribution in [1.29, 1.82) is 0 Å². The summed E-state index contributed by atoms with van der Waals surface area (Å²) in [6.07, 6.45) is 2.74. The molecule has 74 valence electrons. The van der Waals surface area contributed by atoms with Gasteiger partial charge in [0.2, 0.25) is 0 Å². The third-order valence-corrected chi connectivity index (χ3v) is 2.07. The lowest BCUT2D eigenvalue weighted by molar-refractivity contribution is -0.00305. The van der Waals surface area contributed by atoms with Crippen LogP contribution in [0.5, 0.6) is 0 Å². The average Bonchev–Trinajstić information content (AvgIpc) is 2.72. The second-order valence-electron chi connectivity index (χ2n) is 3.25. The maximum Gasteiger partial charge on any atom is 0.155 e. The fraction of sp³-hybridized carbons (Fsp3) is 0.364. The minimum absolute atomic E-state index is 0.110. The molecule has 0 unspecified atom stereocenters. The van der Waals surface area contributed by atoms with E-state index in [-0.39, 0.29) is 6.10 Å². The first-order chi connectivity index (χ1) is 6.95. The SMILES string of the molecule is C1=NO[C@H](COCc2ccccc2)C1. The van der Waals surface area contributed by atoms with Crippen molar-refractivity contribution < 1.29 is 9.57 Å². The van der Waals surface area contributed by atoms with Gasteiger partial charge in [-0.25, -0.2) is 0 Å². The summed E-state index contributed by atoms with van der Waals surface area (Å²) in [6, 6.07) is 10.1. The highest BCUT2D eigenvalue weighted by atomic mass is 16.7. The summed E-state index contributed by atoms with van der Waals surface area (Å²) in [4.78, 5) is 5.04. The minimum atomic E-state index is 0.110. The Labute approximate surface area is 83.3 Å². The van der Waals surface area contributed by atoms with Crippen LogP contribution in [-0.2, 0) is 16.2 Å². The number of oxime groups is 1. The Balaban J connectivity index is 1.68. The summed E-state index contributed by atoms with van der Waals surface area (Å²) in [6.45, 7) is 1.25. The number of rotatable bonds is 4. The van der Waals surface area contributed by atoms with Crippen molar-refractivity contribution in [2.24, 2.45) is 5.16 Å². The summed E-state index contributed by atoms with van der Waals surface area (Å²) in [5, 5.41) is 3.69. The molecule has 1 aromatic rings. The van der Waals surface area contributed by atoms with E-state index < -0.39 is 0 Å². The van der Waals surface area contributed by atoms with E-state index in [2.05, 4.69) is 5.16 Å². The van der Waals surface area contributed by atoms with E-state index in [9.17, 15) is 0 Å². The molecule has 0 spiro atoms. The van der Waals surface area contributed by atoms with Gasteiger partial charge in [0.1, 0.15) is 0 Å².